The molecule has 2 N–H and O–H groups in total. The summed E-state index contributed by atoms with van der Waals surface area (Å²) in [7, 11) is 3.46. The monoisotopic (exact) mass is 300 g/mol. The first-order valence-electron chi connectivity index (χ1n) is 6.49. The molecule has 1 aromatic rings. The fourth-order valence-corrected chi connectivity index (χ4v) is 1.89. The fraction of sp³-hybridized carbons (Fsp3) is 0.500. The highest BCUT2D eigenvalue weighted by Gasteiger charge is 2.09. The molecule has 0 saturated carbocycles. The third kappa shape index (κ3) is 5.77. The molecule has 1 aromatic carbocycles. The van der Waals surface area contributed by atoms with Crippen molar-refractivity contribution in [2.45, 2.75) is 13.0 Å². The second-order valence-electron chi connectivity index (χ2n) is 4.23. The minimum Gasteiger partial charge on any atom is -0.483 e. The van der Waals surface area contributed by atoms with Crippen LogP contribution in [0, 0.1) is 0 Å². The maximum absolute atomic E-state index is 11.6. The lowest BCUT2D eigenvalue weighted by Crippen LogP contribution is -2.30. The molecule has 5 nitrogen and oxygen atoms in total. The first kappa shape index (κ1) is 16.8. The molecule has 0 aliphatic rings. The number of amides is 1. The van der Waals surface area contributed by atoms with E-state index in [9.17, 15) is 4.79 Å². The van der Waals surface area contributed by atoms with E-state index in [0.29, 0.717) is 30.5 Å². The van der Waals surface area contributed by atoms with Crippen LogP contribution in [0.2, 0.25) is 5.02 Å². The number of methoxy groups -OCH3 is 1. The van der Waals surface area contributed by atoms with Crippen LogP contribution in [0.1, 0.15) is 12.0 Å². The standard InChI is InChI=1S/C14H21ClN2O3/c1-16-9-11-12(15)5-3-6-13(11)20-10-14(18)17-7-4-8-19-2/h3,5-6,16H,4,7-10H2,1-2H3,(H,17,18). The smallest absolute Gasteiger partial charge is 0.257 e. The Bertz CT molecular complexity index is 427. The summed E-state index contributed by atoms with van der Waals surface area (Å²) in [6, 6.07) is 5.40. The van der Waals surface area contributed by atoms with E-state index in [4.69, 9.17) is 21.1 Å². The molecule has 0 atom stereocenters. The Kier molecular flexibility index (Phi) is 8.02. The SMILES string of the molecule is CNCc1c(Cl)cccc1OCC(=O)NCCCOC. The van der Waals surface area contributed by atoms with Gasteiger partial charge in [-0.15, -0.1) is 0 Å². The lowest BCUT2D eigenvalue weighted by molar-refractivity contribution is -0.123. The van der Waals surface area contributed by atoms with Crippen LogP contribution in [0.25, 0.3) is 0 Å². The Balaban J connectivity index is 2.44. The van der Waals surface area contributed by atoms with E-state index in [1.807, 2.05) is 7.05 Å². The van der Waals surface area contributed by atoms with Gasteiger partial charge in [0, 0.05) is 37.4 Å². The Morgan fingerprint density at radius 2 is 2.20 bits per heavy atom. The predicted octanol–water partition coefficient (Wildman–Crippen LogP) is 1.59. The molecule has 0 spiro atoms. The fourth-order valence-electron chi connectivity index (χ4n) is 1.66. The number of nitrogens with one attached hydrogen (secondary N) is 2. The summed E-state index contributed by atoms with van der Waals surface area (Å²) in [5, 5.41) is 6.41. The molecule has 0 fully saturated rings. The highest BCUT2D eigenvalue weighted by Crippen LogP contribution is 2.26. The lowest BCUT2D eigenvalue weighted by Gasteiger charge is -2.12. The largest absolute Gasteiger partial charge is 0.483 e. The van der Waals surface area contributed by atoms with E-state index >= 15 is 0 Å². The van der Waals surface area contributed by atoms with E-state index < -0.39 is 0 Å². The van der Waals surface area contributed by atoms with Crippen molar-refractivity contribution in [3.05, 3.63) is 28.8 Å². The van der Waals surface area contributed by atoms with Gasteiger partial charge >= 0.3 is 0 Å². The van der Waals surface area contributed by atoms with Crippen molar-refractivity contribution in [2.24, 2.45) is 0 Å². The molecule has 0 heterocycles. The van der Waals surface area contributed by atoms with Crippen molar-refractivity contribution >= 4 is 17.5 Å². The average Bonchev–Trinajstić information content (AvgIpc) is 2.44. The summed E-state index contributed by atoms with van der Waals surface area (Å²) in [5.74, 6) is 0.468. The molecule has 1 amide bonds. The molecule has 0 aliphatic heterocycles. The number of ether oxygens (including phenoxy) is 2. The van der Waals surface area contributed by atoms with E-state index in [-0.39, 0.29) is 12.5 Å². The minimum atomic E-state index is -0.156. The molecule has 6 heteroatoms. The van der Waals surface area contributed by atoms with E-state index in [2.05, 4.69) is 10.6 Å². The number of halogens is 1. The highest BCUT2D eigenvalue weighted by atomic mass is 35.5. The first-order valence-corrected chi connectivity index (χ1v) is 6.87. The first-order chi connectivity index (χ1) is 9.69. The molecule has 0 aromatic heterocycles. The van der Waals surface area contributed by atoms with E-state index in [0.717, 1.165) is 12.0 Å². The van der Waals surface area contributed by atoms with Crippen LogP contribution in [-0.4, -0.2) is 39.8 Å². The van der Waals surface area contributed by atoms with Crippen LogP contribution in [0.15, 0.2) is 18.2 Å². The van der Waals surface area contributed by atoms with Crippen molar-refractivity contribution in [1.29, 1.82) is 0 Å². The highest BCUT2D eigenvalue weighted by molar-refractivity contribution is 6.31. The summed E-state index contributed by atoms with van der Waals surface area (Å²) in [6.45, 7) is 1.77. The van der Waals surface area contributed by atoms with Gasteiger partial charge in [0.2, 0.25) is 0 Å². The minimum absolute atomic E-state index is 0.0238. The zero-order valence-corrected chi connectivity index (χ0v) is 12.6. The predicted molar refractivity (Wildman–Crippen MR) is 79.2 cm³/mol. The van der Waals surface area contributed by atoms with Crippen LogP contribution >= 0.6 is 11.6 Å². The normalized spacial score (nSPS) is 10.3. The van der Waals surface area contributed by atoms with Crippen LogP contribution in [0.4, 0.5) is 0 Å². The molecule has 0 saturated heterocycles. The molecule has 0 aliphatic carbocycles. The maximum atomic E-state index is 11.6. The quantitative estimate of drug-likeness (QED) is 0.680. The number of carbonyl (C=O) groups excluding carboxylic acids is 1. The second kappa shape index (κ2) is 9.58. The third-order valence-corrected chi connectivity index (χ3v) is 2.99. The second-order valence-corrected chi connectivity index (χ2v) is 4.64. The van der Waals surface area contributed by atoms with Crippen LogP contribution < -0.4 is 15.4 Å². The Morgan fingerprint density at radius 3 is 2.90 bits per heavy atom. The number of carbonyl (C=O) groups is 1. The molecular weight excluding hydrogens is 280 g/mol. The van der Waals surface area contributed by atoms with Crippen molar-refractivity contribution in [2.75, 3.05) is 33.9 Å². The maximum Gasteiger partial charge on any atom is 0.257 e. The summed E-state index contributed by atoms with van der Waals surface area (Å²) in [6.07, 6.45) is 0.782. The molecule has 112 valence electrons. The summed E-state index contributed by atoms with van der Waals surface area (Å²) < 4.78 is 10.4. The third-order valence-electron chi connectivity index (χ3n) is 2.64. The Hall–Kier alpha value is -1.30. The van der Waals surface area contributed by atoms with Crippen LogP contribution in [0.5, 0.6) is 5.75 Å². The van der Waals surface area contributed by atoms with Gasteiger partial charge < -0.3 is 20.1 Å². The summed E-state index contributed by atoms with van der Waals surface area (Å²) >= 11 is 6.11. The van der Waals surface area contributed by atoms with Crippen molar-refractivity contribution < 1.29 is 14.3 Å². The number of benzene rings is 1. The molecule has 1 rings (SSSR count). The van der Waals surface area contributed by atoms with Crippen molar-refractivity contribution in [3.63, 3.8) is 0 Å². The Labute approximate surface area is 124 Å². The van der Waals surface area contributed by atoms with Gasteiger partial charge in [-0.3, -0.25) is 4.79 Å². The van der Waals surface area contributed by atoms with E-state index in [1.54, 1.807) is 25.3 Å². The van der Waals surface area contributed by atoms with Gasteiger partial charge in [-0.2, -0.15) is 0 Å². The number of hydrogen-bond donors (Lipinski definition) is 2. The van der Waals surface area contributed by atoms with Gasteiger partial charge in [0.05, 0.1) is 0 Å². The molecular formula is C14H21ClN2O3. The number of rotatable bonds is 9. The molecule has 20 heavy (non-hydrogen) atoms. The van der Waals surface area contributed by atoms with Crippen LogP contribution in [-0.2, 0) is 16.1 Å². The molecule has 0 unspecified atom stereocenters. The molecule has 0 radical (unpaired) electrons. The van der Waals surface area contributed by atoms with Crippen molar-refractivity contribution in [3.8, 4) is 5.75 Å². The topological polar surface area (TPSA) is 59.6 Å². The van der Waals surface area contributed by atoms with E-state index in [1.165, 1.54) is 0 Å². The van der Waals surface area contributed by atoms with Gasteiger partial charge in [-0.1, -0.05) is 17.7 Å². The summed E-state index contributed by atoms with van der Waals surface area (Å²) in [4.78, 5) is 11.6. The van der Waals surface area contributed by atoms with Gasteiger partial charge in [-0.25, -0.2) is 0 Å². The van der Waals surface area contributed by atoms with Crippen LogP contribution in [0.3, 0.4) is 0 Å². The van der Waals surface area contributed by atoms with Gasteiger partial charge in [-0.05, 0) is 25.6 Å². The zero-order chi connectivity index (χ0) is 14.8. The Morgan fingerprint density at radius 1 is 1.40 bits per heavy atom. The lowest BCUT2D eigenvalue weighted by atomic mass is 10.2. The molecule has 0 bridgehead atoms. The average molecular weight is 301 g/mol. The van der Waals surface area contributed by atoms with Gasteiger partial charge in [0.25, 0.3) is 5.91 Å². The zero-order valence-electron chi connectivity index (χ0n) is 11.9. The summed E-state index contributed by atoms with van der Waals surface area (Å²) in [5.41, 5.74) is 0.851. The van der Waals surface area contributed by atoms with Crippen molar-refractivity contribution in [1.82, 2.24) is 10.6 Å². The number of hydrogen-bond acceptors (Lipinski definition) is 4. The van der Waals surface area contributed by atoms with Gasteiger partial charge in [0.1, 0.15) is 5.75 Å². The van der Waals surface area contributed by atoms with Gasteiger partial charge in [0.15, 0.2) is 6.61 Å².